The molecule has 1 aliphatic carbocycles. The van der Waals surface area contributed by atoms with Gasteiger partial charge >= 0.3 is 6.03 Å². The van der Waals surface area contributed by atoms with Crippen LogP contribution in [0.15, 0.2) is 28.2 Å². The van der Waals surface area contributed by atoms with E-state index in [-0.39, 0.29) is 23.3 Å². The molecule has 2 N–H and O–H groups in total. The van der Waals surface area contributed by atoms with Crippen molar-refractivity contribution >= 4 is 46.2 Å². The average molecular weight is 437 g/mol. The molecule has 1 heterocycles. The Hall–Kier alpha value is -2.06. The van der Waals surface area contributed by atoms with Gasteiger partial charge in [-0.15, -0.1) is 0 Å². The number of carbonyl (C=O) groups is 2. The van der Waals surface area contributed by atoms with Crippen LogP contribution >= 0.6 is 23.4 Å². The van der Waals surface area contributed by atoms with Crippen molar-refractivity contribution in [1.29, 1.82) is 0 Å². The molecular weight excluding hydrogens is 412 g/mol. The van der Waals surface area contributed by atoms with E-state index >= 15 is 0 Å². The molecular formula is C20H25ClN4O3S. The van der Waals surface area contributed by atoms with E-state index in [4.69, 9.17) is 11.6 Å². The first kappa shape index (κ1) is 21.6. The van der Waals surface area contributed by atoms with Gasteiger partial charge in [-0.1, -0.05) is 50.1 Å². The highest BCUT2D eigenvalue weighted by Gasteiger charge is 2.19. The van der Waals surface area contributed by atoms with E-state index in [9.17, 15) is 14.4 Å². The lowest BCUT2D eigenvalue weighted by atomic mass is 10.2. The van der Waals surface area contributed by atoms with Crippen LogP contribution in [0.25, 0.3) is 10.9 Å². The van der Waals surface area contributed by atoms with Crippen LogP contribution in [0.1, 0.15) is 39.5 Å². The summed E-state index contributed by atoms with van der Waals surface area (Å²) in [4.78, 5) is 41.7. The zero-order chi connectivity index (χ0) is 21.0. The quantitative estimate of drug-likeness (QED) is 0.533. The van der Waals surface area contributed by atoms with Crippen LogP contribution in [-0.4, -0.2) is 33.3 Å². The Kier molecular flexibility index (Phi) is 7.18. The van der Waals surface area contributed by atoms with E-state index in [1.807, 2.05) is 13.8 Å². The number of nitrogens with zero attached hydrogens (tertiary/aromatic N) is 2. The van der Waals surface area contributed by atoms with Gasteiger partial charge in [0.1, 0.15) is 0 Å². The largest absolute Gasteiger partial charge is 0.335 e. The lowest BCUT2D eigenvalue weighted by Gasteiger charge is -2.15. The van der Waals surface area contributed by atoms with Crippen LogP contribution in [-0.2, 0) is 11.3 Å². The first-order valence-corrected chi connectivity index (χ1v) is 11.1. The summed E-state index contributed by atoms with van der Waals surface area (Å²) in [5, 5.41) is 6.54. The predicted molar refractivity (Wildman–Crippen MR) is 116 cm³/mol. The summed E-state index contributed by atoms with van der Waals surface area (Å²) in [5.74, 6) is -0.217. The molecule has 1 aliphatic rings. The average Bonchev–Trinajstić information content (AvgIpc) is 3.15. The summed E-state index contributed by atoms with van der Waals surface area (Å²) in [6.07, 6.45) is 4.09. The molecule has 7 nitrogen and oxygen atoms in total. The first-order valence-electron chi connectivity index (χ1n) is 9.76. The maximum Gasteiger partial charge on any atom is 0.321 e. The highest BCUT2D eigenvalue weighted by atomic mass is 35.5. The van der Waals surface area contributed by atoms with E-state index in [2.05, 4.69) is 15.6 Å². The number of carbonyl (C=O) groups excluding carboxylic acids is 2. The summed E-state index contributed by atoms with van der Waals surface area (Å²) in [5.41, 5.74) is 0.342. The van der Waals surface area contributed by atoms with Gasteiger partial charge in [0.05, 0.1) is 16.7 Å². The minimum absolute atomic E-state index is 0.0122. The first-order chi connectivity index (χ1) is 13.8. The molecule has 0 spiro atoms. The van der Waals surface area contributed by atoms with Crippen LogP contribution in [0, 0.1) is 5.92 Å². The Bertz CT molecular complexity index is 970. The normalized spacial score (nSPS) is 14.5. The molecule has 29 heavy (non-hydrogen) atoms. The number of thioether (sulfide) groups is 1. The number of aromatic nitrogens is 2. The summed E-state index contributed by atoms with van der Waals surface area (Å²) in [6.45, 7) is 4.48. The van der Waals surface area contributed by atoms with E-state index < -0.39 is 11.9 Å². The fourth-order valence-corrected chi connectivity index (χ4v) is 4.37. The SMILES string of the molecule is CC(C)Cn1c(SCC(=O)NC(=O)NC2CCCC2)nc2ccc(Cl)cc2c1=O. The summed E-state index contributed by atoms with van der Waals surface area (Å²) in [6, 6.07) is 4.65. The maximum atomic E-state index is 12.9. The number of rotatable bonds is 6. The van der Waals surface area contributed by atoms with Gasteiger partial charge in [0, 0.05) is 17.6 Å². The number of halogens is 1. The molecule has 0 radical (unpaired) electrons. The van der Waals surface area contributed by atoms with Crippen molar-refractivity contribution < 1.29 is 9.59 Å². The molecule has 156 valence electrons. The second-order valence-corrected chi connectivity index (χ2v) is 9.04. The van der Waals surface area contributed by atoms with Crippen molar-refractivity contribution in [2.45, 2.75) is 57.3 Å². The fraction of sp³-hybridized carbons (Fsp3) is 0.500. The second-order valence-electron chi connectivity index (χ2n) is 7.66. The van der Waals surface area contributed by atoms with Crippen molar-refractivity contribution in [2.75, 3.05) is 5.75 Å². The minimum Gasteiger partial charge on any atom is -0.335 e. The van der Waals surface area contributed by atoms with Gasteiger partial charge in [0.15, 0.2) is 5.16 Å². The number of benzene rings is 1. The van der Waals surface area contributed by atoms with Crippen molar-refractivity contribution in [3.05, 3.63) is 33.6 Å². The zero-order valence-corrected chi connectivity index (χ0v) is 18.1. The molecule has 1 aromatic carbocycles. The molecule has 3 amide bonds. The van der Waals surface area contributed by atoms with Gasteiger partial charge < -0.3 is 5.32 Å². The van der Waals surface area contributed by atoms with Gasteiger partial charge in [0.25, 0.3) is 5.56 Å². The number of hydrogen-bond acceptors (Lipinski definition) is 5. The van der Waals surface area contributed by atoms with Crippen molar-refractivity contribution in [3.8, 4) is 0 Å². The topological polar surface area (TPSA) is 93.1 Å². The zero-order valence-electron chi connectivity index (χ0n) is 16.5. The lowest BCUT2D eigenvalue weighted by molar-refractivity contribution is -0.117. The van der Waals surface area contributed by atoms with Gasteiger partial charge in [-0.3, -0.25) is 19.5 Å². The molecule has 0 atom stereocenters. The summed E-state index contributed by atoms with van der Waals surface area (Å²) >= 11 is 7.17. The Morgan fingerprint density at radius 1 is 1.31 bits per heavy atom. The molecule has 1 aromatic heterocycles. The summed E-state index contributed by atoms with van der Waals surface area (Å²) < 4.78 is 1.57. The molecule has 0 bridgehead atoms. The van der Waals surface area contributed by atoms with Crippen LogP contribution in [0.2, 0.25) is 5.02 Å². The Labute approximate surface area is 178 Å². The molecule has 0 unspecified atom stereocenters. The van der Waals surface area contributed by atoms with Crippen molar-refractivity contribution in [1.82, 2.24) is 20.2 Å². The Balaban J connectivity index is 1.72. The third kappa shape index (κ3) is 5.73. The lowest BCUT2D eigenvalue weighted by Crippen LogP contribution is -2.44. The monoisotopic (exact) mass is 436 g/mol. The molecule has 2 aromatic rings. The molecule has 1 saturated carbocycles. The highest BCUT2D eigenvalue weighted by Crippen LogP contribution is 2.21. The number of amides is 3. The summed E-state index contributed by atoms with van der Waals surface area (Å²) in [7, 11) is 0. The van der Waals surface area contributed by atoms with Crippen LogP contribution in [0.3, 0.4) is 0 Å². The van der Waals surface area contributed by atoms with Crippen LogP contribution in [0.4, 0.5) is 4.79 Å². The van der Waals surface area contributed by atoms with E-state index in [0.717, 1.165) is 37.4 Å². The number of nitrogens with one attached hydrogen (secondary N) is 2. The molecule has 3 rings (SSSR count). The van der Waals surface area contributed by atoms with Crippen molar-refractivity contribution in [2.24, 2.45) is 5.92 Å². The Morgan fingerprint density at radius 2 is 2.03 bits per heavy atom. The van der Waals surface area contributed by atoms with Gasteiger partial charge in [-0.05, 0) is 37.0 Å². The Morgan fingerprint density at radius 3 is 2.72 bits per heavy atom. The third-order valence-electron chi connectivity index (χ3n) is 4.70. The van der Waals surface area contributed by atoms with Gasteiger partial charge in [0.2, 0.25) is 5.91 Å². The second kappa shape index (κ2) is 9.63. The van der Waals surface area contributed by atoms with Crippen LogP contribution in [0.5, 0.6) is 0 Å². The molecule has 9 heteroatoms. The van der Waals surface area contributed by atoms with Crippen molar-refractivity contribution in [3.63, 3.8) is 0 Å². The van der Waals surface area contributed by atoms with Crippen LogP contribution < -0.4 is 16.2 Å². The number of hydrogen-bond donors (Lipinski definition) is 2. The predicted octanol–water partition coefficient (Wildman–Crippen LogP) is 3.57. The number of fused-ring (bicyclic) bond motifs is 1. The molecule has 0 saturated heterocycles. The molecule has 0 aliphatic heterocycles. The fourth-order valence-electron chi connectivity index (χ4n) is 3.39. The number of urea groups is 1. The standard InChI is InChI=1S/C20H25ClN4O3S/c1-12(2)10-25-18(27)15-9-13(21)7-8-16(15)23-20(25)29-11-17(26)24-19(28)22-14-5-3-4-6-14/h7-9,12,14H,3-6,10-11H2,1-2H3,(H2,22,24,26,28). The maximum absolute atomic E-state index is 12.9. The smallest absolute Gasteiger partial charge is 0.321 e. The third-order valence-corrected chi connectivity index (χ3v) is 5.92. The van der Waals surface area contributed by atoms with Gasteiger partial charge in [-0.25, -0.2) is 9.78 Å². The van der Waals surface area contributed by atoms with E-state index in [1.54, 1.807) is 22.8 Å². The molecule has 1 fully saturated rings. The van der Waals surface area contributed by atoms with Gasteiger partial charge in [-0.2, -0.15) is 0 Å². The van der Waals surface area contributed by atoms with E-state index in [1.165, 1.54) is 0 Å². The highest BCUT2D eigenvalue weighted by molar-refractivity contribution is 7.99. The van der Waals surface area contributed by atoms with E-state index in [0.29, 0.717) is 27.6 Å². The minimum atomic E-state index is -0.469. The number of imide groups is 1.